The van der Waals surface area contributed by atoms with Gasteiger partial charge in [0, 0.05) is 12.7 Å². The van der Waals surface area contributed by atoms with Crippen LogP contribution in [-0.4, -0.2) is 4.98 Å². The summed E-state index contributed by atoms with van der Waals surface area (Å²) in [5.74, 6) is 1.51. The fourth-order valence-corrected chi connectivity index (χ4v) is 2.24. The van der Waals surface area contributed by atoms with Gasteiger partial charge in [-0.3, -0.25) is 4.98 Å². The van der Waals surface area contributed by atoms with Gasteiger partial charge in [0.15, 0.2) is 0 Å². The molecule has 2 N–H and O–H groups in total. The predicted molar refractivity (Wildman–Crippen MR) is 52.0 cm³/mol. The zero-order valence-corrected chi connectivity index (χ0v) is 7.40. The summed E-state index contributed by atoms with van der Waals surface area (Å²) in [6, 6.07) is 2.05. The van der Waals surface area contributed by atoms with Crippen molar-refractivity contribution in [2.24, 2.45) is 11.7 Å². The minimum atomic E-state index is 0.641. The zero-order chi connectivity index (χ0) is 8.84. The maximum absolute atomic E-state index is 5.70. The Hall–Kier alpha value is -1.15. The largest absolute Gasteiger partial charge is 0.326 e. The highest BCUT2D eigenvalue weighted by Gasteiger charge is 2.41. The molecule has 2 nitrogen and oxygen atoms in total. The fourth-order valence-electron chi connectivity index (χ4n) is 2.24. The molecule has 3 rings (SSSR count). The van der Waals surface area contributed by atoms with Gasteiger partial charge in [0.05, 0.1) is 5.69 Å². The lowest BCUT2D eigenvalue weighted by molar-refractivity contribution is 0.921. The Balaban J connectivity index is 2.21. The van der Waals surface area contributed by atoms with Crippen LogP contribution in [0.3, 0.4) is 0 Å². The van der Waals surface area contributed by atoms with E-state index < -0.39 is 0 Å². The second-order valence-corrected chi connectivity index (χ2v) is 3.84. The van der Waals surface area contributed by atoms with Crippen LogP contribution >= 0.6 is 0 Å². The smallest absolute Gasteiger partial charge is 0.0664 e. The first kappa shape index (κ1) is 7.27. The van der Waals surface area contributed by atoms with Gasteiger partial charge >= 0.3 is 0 Å². The van der Waals surface area contributed by atoms with Gasteiger partial charge in [-0.2, -0.15) is 0 Å². The number of allylic oxidation sites excluding steroid dienone is 1. The standard InChI is InChI=1S/C11H12N2/c12-6-8-3-4-13-10-2-1-7-5-9(7)11(8)10/h1-4,7,9H,5-6,12H2. The van der Waals surface area contributed by atoms with E-state index in [1.54, 1.807) is 0 Å². The SMILES string of the molecule is NCc1ccnc2c1C1CC1C=C2. The van der Waals surface area contributed by atoms with Crippen LogP contribution in [0.5, 0.6) is 0 Å². The molecule has 0 bridgehead atoms. The van der Waals surface area contributed by atoms with E-state index >= 15 is 0 Å². The van der Waals surface area contributed by atoms with Crippen molar-refractivity contribution in [1.29, 1.82) is 0 Å². The molecule has 1 heterocycles. The molecule has 0 aromatic carbocycles. The zero-order valence-electron chi connectivity index (χ0n) is 7.40. The van der Waals surface area contributed by atoms with Gasteiger partial charge in [-0.1, -0.05) is 6.08 Å². The van der Waals surface area contributed by atoms with Crippen LogP contribution in [0, 0.1) is 5.92 Å². The Morgan fingerprint density at radius 2 is 2.46 bits per heavy atom. The van der Waals surface area contributed by atoms with Gasteiger partial charge in [-0.05, 0) is 41.5 Å². The van der Waals surface area contributed by atoms with Crippen molar-refractivity contribution in [3.05, 3.63) is 35.2 Å². The predicted octanol–water partition coefficient (Wildman–Crippen LogP) is 1.67. The summed E-state index contributed by atoms with van der Waals surface area (Å²) in [5, 5.41) is 0. The second kappa shape index (κ2) is 2.42. The maximum Gasteiger partial charge on any atom is 0.0664 e. The van der Waals surface area contributed by atoms with Gasteiger partial charge in [0.1, 0.15) is 0 Å². The van der Waals surface area contributed by atoms with Crippen molar-refractivity contribution in [3.63, 3.8) is 0 Å². The third-order valence-electron chi connectivity index (χ3n) is 3.04. The third-order valence-corrected chi connectivity index (χ3v) is 3.04. The first-order valence-electron chi connectivity index (χ1n) is 4.76. The third kappa shape index (κ3) is 0.954. The number of hydrogen-bond donors (Lipinski definition) is 1. The van der Waals surface area contributed by atoms with E-state index in [2.05, 4.69) is 17.1 Å². The lowest BCUT2D eigenvalue weighted by atomic mass is 9.97. The first-order valence-corrected chi connectivity index (χ1v) is 4.76. The monoisotopic (exact) mass is 172 g/mol. The van der Waals surface area contributed by atoms with Crippen LogP contribution in [0.4, 0.5) is 0 Å². The molecule has 0 aliphatic heterocycles. The van der Waals surface area contributed by atoms with Crippen LogP contribution < -0.4 is 5.73 Å². The molecule has 0 spiro atoms. The van der Waals surface area contributed by atoms with Gasteiger partial charge in [0.2, 0.25) is 0 Å². The highest BCUT2D eigenvalue weighted by atomic mass is 14.7. The van der Waals surface area contributed by atoms with Crippen molar-refractivity contribution >= 4 is 6.08 Å². The fraction of sp³-hybridized carbons (Fsp3) is 0.364. The van der Waals surface area contributed by atoms with Crippen molar-refractivity contribution in [3.8, 4) is 0 Å². The summed E-state index contributed by atoms with van der Waals surface area (Å²) in [6.45, 7) is 0.641. The Kier molecular flexibility index (Phi) is 1.35. The lowest BCUT2D eigenvalue weighted by Crippen LogP contribution is -2.05. The van der Waals surface area contributed by atoms with Gasteiger partial charge in [0.25, 0.3) is 0 Å². The molecule has 0 amide bonds. The van der Waals surface area contributed by atoms with E-state index in [9.17, 15) is 0 Å². The molecule has 66 valence electrons. The van der Waals surface area contributed by atoms with Crippen molar-refractivity contribution < 1.29 is 0 Å². The van der Waals surface area contributed by atoms with E-state index in [1.165, 1.54) is 17.5 Å². The highest BCUT2D eigenvalue weighted by Crippen LogP contribution is 2.53. The molecule has 1 aromatic heterocycles. The summed E-state index contributed by atoms with van der Waals surface area (Å²) in [4.78, 5) is 4.36. The highest BCUT2D eigenvalue weighted by molar-refractivity contribution is 5.59. The number of aromatic nitrogens is 1. The molecule has 13 heavy (non-hydrogen) atoms. The van der Waals surface area contributed by atoms with E-state index in [4.69, 9.17) is 5.73 Å². The van der Waals surface area contributed by atoms with Gasteiger partial charge in [-0.25, -0.2) is 0 Å². The van der Waals surface area contributed by atoms with Crippen molar-refractivity contribution in [2.45, 2.75) is 18.9 Å². The first-order chi connectivity index (χ1) is 6.40. The summed E-state index contributed by atoms with van der Waals surface area (Å²) < 4.78 is 0. The van der Waals surface area contributed by atoms with Crippen LogP contribution in [0.15, 0.2) is 18.3 Å². The number of fused-ring (bicyclic) bond motifs is 3. The maximum atomic E-state index is 5.70. The molecule has 2 heteroatoms. The average molecular weight is 172 g/mol. The van der Waals surface area contributed by atoms with Crippen LogP contribution in [0.2, 0.25) is 0 Å². The van der Waals surface area contributed by atoms with Gasteiger partial charge < -0.3 is 5.73 Å². The Bertz CT molecular complexity index is 382. The lowest BCUT2D eigenvalue weighted by Gasteiger charge is -2.12. The molecule has 2 unspecified atom stereocenters. The molecular weight excluding hydrogens is 160 g/mol. The van der Waals surface area contributed by atoms with Gasteiger partial charge in [-0.15, -0.1) is 0 Å². The minimum Gasteiger partial charge on any atom is -0.326 e. The molecular formula is C11H12N2. The van der Waals surface area contributed by atoms with Crippen molar-refractivity contribution in [1.82, 2.24) is 4.98 Å². The van der Waals surface area contributed by atoms with E-state index in [0.717, 1.165) is 17.5 Å². The second-order valence-electron chi connectivity index (χ2n) is 3.84. The molecule has 1 saturated carbocycles. The molecule has 1 aromatic rings. The number of nitrogens with two attached hydrogens (primary N) is 1. The average Bonchev–Trinajstić information content (AvgIpc) is 2.95. The summed E-state index contributed by atoms with van der Waals surface area (Å²) in [5.41, 5.74) is 9.54. The van der Waals surface area contributed by atoms with E-state index in [-0.39, 0.29) is 0 Å². The normalized spacial score (nSPS) is 28.1. The van der Waals surface area contributed by atoms with Crippen LogP contribution in [0.25, 0.3) is 6.08 Å². The Morgan fingerprint density at radius 1 is 1.54 bits per heavy atom. The minimum absolute atomic E-state index is 0.641. The number of nitrogens with zero attached hydrogens (tertiary/aromatic N) is 1. The molecule has 2 aliphatic rings. The van der Waals surface area contributed by atoms with Crippen molar-refractivity contribution in [2.75, 3.05) is 0 Å². The number of pyridine rings is 1. The molecule has 0 saturated heterocycles. The topological polar surface area (TPSA) is 38.9 Å². The Labute approximate surface area is 77.5 Å². The summed E-state index contributed by atoms with van der Waals surface area (Å²) in [7, 11) is 0. The van der Waals surface area contributed by atoms with Crippen LogP contribution in [0.1, 0.15) is 29.2 Å². The van der Waals surface area contributed by atoms with E-state index in [0.29, 0.717) is 6.54 Å². The Morgan fingerprint density at radius 3 is 3.31 bits per heavy atom. The number of hydrogen-bond acceptors (Lipinski definition) is 2. The molecule has 1 fully saturated rings. The summed E-state index contributed by atoms with van der Waals surface area (Å²) in [6.07, 6.45) is 7.57. The van der Waals surface area contributed by atoms with E-state index in [1.807, 2.05) is 12.3 Å². The molecule has 0 radical (unpaired) electrons. The molecule has 2 aliphatic carbocycles. The molecule has 2 atom stereocenters. The number of rotatable bonds is 1. The van der Waals surface area contributed by atoms with Crippen LogP contribution in [-0.2, 0) is 6.54 Å². The summed E-state index contributed by atoms with van der Waals surface area (Å²) >= 11 is 0. The quantitative estimate of drug-likeness (QED) is 0.699.